The maximum Gasteiger partial charge on any atom is 0.360 e. The first-order valence-corrected chi connectivity index (χ1v) is 3.44. The summed E-state index contributed by atoms with van der Waals surface area (Å²) in [5, 5.41) is 8.67. The lowest BCUT2D eigenvalue weighted by Crippen LogP contribution is -2.47. The molecular weight excluding hydrogens is 176 g/mol. The SMILES string of the molecule is C=CC(OC(C)=O)(C(C)=O)C(=O)O. The topological polar surface area (TPSA) is 80.7 Å². The second-order valence-electron chi connectivity index (χ2n) is 2.39. The minimum atomic E-state index is -2.24. The molecule has 0 amide bonds. The van der Waals surface area contributed by atoms with Gasteiger partial charge in [-0.3, -0.25) is 9.59 Å². The van der Waals surface area contributed by atoms with Gasteiger partial charge in [-0.1, -0.05) is 6.58 Å². The minimum absolute atomic E-state index is 0.791. The van der Waals surface area contributed by atoms with Crippen LogP contribution in [0.15, 0.2) is 12.7 Å². The van der Waals surface area contributed by atoms with Gasteiger partial charge in [0.25, 0.3) is 5.60 Å². The standard InChI is InChI=1S/C8H10O5/c1-4-8(5(2)9,7(11)12)13-6(3)10/h4H,1H2,2-3H3,(H,11,12). The smallest absolute Gasteiger partial charge is 0.360 e. The highest BCUT2D eigenvalue weighted by Gasteiger charge is 2.44. The van der Waals surface area contributed by atoms with Crippen LogP contribution in [0.2, 0.25) is 0 Å². The molecule has 0 saturated carbocycles. The summed E-state index contributed by atoms with van der Waals surface area (Å²) in [7, 11) is 0. The summed E-state index contributed by atoms with van der Waals surface area (Å²) >= 11 is 0. The summed E-state index contributed by atoms with van der Waals surface area (Å²) in [5.41, 5.74) is -2.24. The molecule has 1 atom stereocenters. The Hall–Kier alpha value is -1.65. The van der Waals surface area contributed by atoms with E-state index >= 15 is 0 Å². The zero-order chi connectivity index (χ0) is 10.6. The van der Waals surface area contributed by atoms with Crippen LogP contribution in [0.4, 0.5) is 0 Å². The fourth-order valence-corrected chi connectivity index (χ4v) is 0.766. The Morgan fingerprint density at radius 1 is 1.38 bits per heavy atom. The number of hydrogen-bond donors (Lipinski definition) is 1. The first-order valence-electron chi connectivity index (χ1n) is 3.44. The van der Waals surface area contributed by atoms with Gasteiger partial charge in [0.2, 0.25) is 0 Å². The summed E-state index contributed by atoms with van der Waals surface area (Å²) < 4.78 is 4.40. The van der Waals surface area contributed by atoms with Crippen LogP contribution in [-0.2, 0) is 19.1 Å². The molecule has 0 spiro atoms. The predicted molar refractivity (Wildman–Crippen MR) is 43.0 cm³/mol. The Morgan fingerprint density at radius 3 is 1.92 bits per heavy atom. The molecular formula is C8H10O5. The highest BCUT2D eigenvalue weighted by Crippen LogP contribution is 2.14. The number of Topliss-reactive ketones (excluding diaryl/α,β-unsaturated/α-hetero) is 1. The molecule has 0 fully saturated rings. The van der Waals surface area contributed by atoms with Crippen LogP contribution in [0.3, 0.4) is 0 Å². The summed E-state index contributed by atoms with van der Waals surface area (Å²) in [6.45, 7) is 5.18. The second kappa shape index (κ2) is 3.84. The molecule has 0 bridgehead atoms. The number of carboxylic acid groups (broad SMARTS) is 1. The van der Waals surface area contributed by atoms with Gasteiger partial charge in [-0.25, -0.2) is 4.79 Å². The third-order valence-electron chi connectivity index (χ3n) is 1.43. The minimum Gasteiger partial charge on any atom is -0.478 e. The normalized spacial score (nSPS) is 14.0. The Bertz CT molecular complexity index is 252. The molecule has 0 aliphatic heterocycles. The first-order chi connectivity index (χ1) is 5.86. The van der Waals surface area contributed by atoms with Gasteiger partial charge in [0.05, 0.1) is 0 Å². The van der Waals surface area contributed by atoms with Crippen molar-refractivity contribution < 1.29 is 24.2 Å². The molecule has 0 rings (SSSR count). The summed E-state index contributed by atoms with van der Waals surface area (Å²) in [6.07, 6.45) is 0.791. The lowest BCUT2D eigenvalue weighted by Gasteiger charge is -2.21. The third kappa shape index (κ3) is 2.14. The van der Waals surface area contributed by atoms with Crippen molar-refractivity contribution in [3.63, 3.8) is 0 Å². The van der Waals surface area contributed by atoms with Gasteiger partial charge in [0.1, 0.15) is 0 Å². The Morgan fingerprint density at radius 2 is 1.85 bits per heavy atom. The number of hydrogen-bond acceptors (Lipinski definition) is 4. The number of rotatable bonds is 4. The number of esters is 1. The lowest BCUT2D eigenvalue weighted by atomic mass is 10.00. The van der Waals surface area contributed by atoms with Crippen molar-refractivity contribution in [1.29, 1.82) is 0 Å². The van der Waals surface area contributed by atoms with Gasteiger partial charge in [-0.2, -0.15) is 0 Å². The van der Waals surface area contributed by atoms with E-state index in [1.807, 2.05) is 0 Å². The molecule has 72 valence electrons. The molecule has 0 aliphatic rings. The molecule has 13 heavy (non-hydrogen) atoms. The summed E-state index contributed by atoms with van der Waals surface area (Å²) in [4.78, 5) is 32.1. The van der Waals surface area contributed by atoms with Crippen LogP contribution in [0.1, 0.15) is 13.8 Å². The average molecular weight is 186 g/mol. The Balaban J connectivity index is 5.10. The van der Waals surface area contributed by atoms with E-state index in [-0.39, 0.29) is 0 Å². The van der Waals surface area contributed by atoms with Crippen molar-refractivity contribution in [3.8, 4) is 0 Å². The number of aliphatic carboxylic acids is 1. The van der Waals surface area contributed by atoms with Crippen molar-refractivity contribution in [2.75, 3.05) is 0 Å². The average Bonchev–Trinajstić information content (AvgIpc) is 1.98. The predicted octanol–water partition coefficient (Wildman–Crippen LogP) is 0.148. The van der Waals surface area contributed by atoms with Crippen molar-refractivity contribution in [2.24, 2.45) is 0 Å². The van der Waals surface area contributed by atoms with E-state index in [1.165, 1.54) is 0 Å². The Labute approximate surface area is 75.0 Å². The van der Waals surface area contributed by atoms with E-state index in [0.29, 0.717) is 0 Å². The number of ether oxygens (including phenoxy) is 1. The van der Waals surface area contributed by atoms with E-state index in [9.17, 15) is 14.4 Å². The van der Waals surface area contributed by atoms with E-state index in [4.69, 9.17) is 5.11 Å². The summed E-state index contributed by atoms with van der Waals surface area (Å²) in [5.74, 6) is -3.20. The van der Waals surface area contributed by atoms with Crippen molar-refractivity contribution >= 4 is 17.7 Å². The number of ketones is 1. The largest absolute Gasteiger partial charge is 0.478 e. The van der Waals surface area contributed by atoms with Crippen molar-refractivity contribution in [2.45, 2.75) is 19.4 Å². The molecule has 1 N–H and O–H groups in total. The zero-order valence-electron chi connectivity index (χ0n) is 7.36. The molecule has 1 unspecified atom stereocenters. The fraction of sp³-hybridized carbons (Fsp3) is 0.375. The second-order valence-corrected chi connectivity index (χ2v) is 2.39. The van der Waals surface area contributed by atoms with Crippen LogP contribution < -0.4 is 0 Å². The molecule has 5 heteroatoms. The van der Waals surface area contributed by atoms with Crippen molar-refractivity contribution in [1.82, 2.24) is 0 Å². The van der Waals surface area contributed by atoms with Gasteiger partial charge >= 0.3 is 11.9 Å². The van der Waals surface area contributed by atoms with Crippen LogP contribution >= 0.6 is 0 Å². The molecule has 0 aliphatic carbocycles. The van der Waals surface area contributed by atoms with Crippen molar-refractivity contribution in [3.05, 3.63) is 12.7 Å². The monoisotopic (exact) mass is 186 g/mol. The first kappa shape index (κ1) is 11.4. The highest BCUT2D eigenvalue weighted by molar-refractivity contribution is 6.09. The highest BCUT2D eigenvalue weighted by atomic mass is 16.6. The summed E-state index contributed by atoms with van der Waals surface area (Å²) in [6, 6.07) is 0. The zero-order valence-corrected chi connectivity index (χ0v) is 7.36. The van der Waals surface area contributed by atoms with Crippen LogP contribution in [0.25, 0.3) is 0 Å². The lowest BCUT2D eigenvalue weighted by molar-refractivity contribution is -0.174. The number of carbonyl (C=O) groups is 3. The van der Waals surface area contributed by atoms with E-state index in [2.05, 4.69) is 11.3 Å². The van der Waals surface area contributed by atoms with Gasteiger partial charge < -0.3 is 9.84 Å². The quantitative estimate of drug-likeness (QED) is 0.384. The number of carboxylic acids is 1. The third-order valence-corrected chi connectivity index (χ3v) is 1.43. The van der Waals surface area contributed by atoms with E-state index < -0.39 is 23.3 Å². The van der Waals surface area contributed by atoms with E-state index in [0.717, 1.165) is 19.9 Å². The number of carbonyl (C=O) groups excluding carboxylic acids is 2. The molecule has 0 aromatic heterocycles. The molecule has 0 heterocycles. The van der Waals surface area contributed by atoms with Crippen LogP contribution in [0.5, 0.6) is 0 Å². The molecule has 0 radical (unpaired) electrons. The maximum atomic E-state index is 10.9. The molecule has 0 saturated heterocycles. The molecule has 0 aromatic rings. The molecule has 0 aromatic carbocycles. The molecule has 5 nitrogen and oxygen atoms in total. The van der Waals surface area contributed by atoms with Gasteiger partial charge in [-0.05, 0) is 13.0 Å². The van der Waals surface area contributed by atoms with Crippen LogP contribution in [0, 0.1) is 0 Å². The van der Waals surface area contributed by atoms with Gasteiger partial charge in [0.15, 0.2) is 5.78 Å². The Kier molecular flexibility index (Phi) is 3.35. The maximum absolute atomic E-state index is 10.9. The van der Waals surface area contributed by atoms with E-state index in [1.54, 1.807) is 0 Å². The van der Waals surface area contributed by atoms with Gasteiger partial charge in [0, 0.05) is 6.92 Å². The van der Waals surface area contributed by atoms with Crippen LogP contribution in [-0.4, -0.2) is 28.4 Å². The van der Waals surface area contributed by atoms with Gasteiger partial charge in [-0.15, -0.1) is 0 Å². The fourth-order valence-electron chi connectivity index (χ4n) is 0.766.